The highest BCUT2D eigenvalue weighted by atomic mass is 19.1. The lowest BCUT2D eigenvalue weighted by molar-refractivity contribution is 0.0341. The Morgan fingerprint density at radius 3 is 2.77 bits per heavy atom. The number of nitrogens with zero attached hydrogens (tertiary/aromatic N) is 2. The Hall–Kier alpha value is -3.86. The fourth-order valence-electron chi connectivity index (χ4n) is 4.90. The quantitative estimate of drug-likeness (QED) is 0.339. The van der Waals surface area contributed by atoms with E-state index in [4.69, 9.17) is 18.9 Å². The molecule has 2 aromatic carbocycles. The van der Waals surface area contributed by atoms with Gasteiger partial charge < -0.3 is 18.9 Å². The Balaban J connectivity index is 1.40. The van der Waals surface area contributed by atoms with E-state index in [9.17, 15) is 4.79 Å². The number of hydrogen-bond acceptors (Lipinski definition) is 7. The van der Waals surface area contributed by atoms with E-state index in [0.29, 0.717) is 41.4 Å². The zero-order chi connectivity index (χ0) is 27.9. The van der Waals surface area contributed by atoms with E-state index in [-0.39, 0.29) is 11.8 Å². The molecule has 3 aliphatic rings. The molecule has 1 unspecified atom stereocenters. The van der Waals surface area contributed by atoms with E-state index in [2.05, 4.69) is 15.8 Å². The third-order valence-electron chi connectivity index (χ3n) is 6.98. The molecule has 10 heteroatoms. The van der Waals surface area contributed by atoms with Crippen LogP contribution in [0.3, 0.4) is 0 Å². The van der Waals surface area contributed by atoms with Crippen molar-refractivity contribution in [2.24, 2.45) is 0 Å². The molecule has 0 spiro atoms. The molecule has 2 heterocycles. The Kier molecular flexibility index (Phi) is 9.00. The molecule has 212 valence electrons. The van der Waals surface area contributed by atoms with Crippen LogP contribution in [0.1, 0.15) is 13.3 Å². The second-order valence-electron chi connectivity index (χ2n) is 9.55. The van der Waals surface area contributed by atoms with Crippen molar-refractivity contribution in [1.82, 2.24) is 20.7 Å². The van der Waals surface area contributed by atoms with Crippen LogP contribution in [0.2, 0.25) is 0 Å². The van der Waals surface area contributed by atoms with Crippen LogP contribution in [0.5, 0.6) is 5.75 Å². The van der Waals surface area contributed by atoms with Gasteiger partial charge in [0.05, 0.1) is 33.0 Å². The van der Waals surface area contributed by atoms with Crippen molar-refractivity contribution < 1.29 is 28.1 Å². The number of morpholine rings is 1. The maximum absolute atomic E-state index is 15.4. The van der Waals surface area contributed by atoms with E-state index in [0.717, 1.165) is 44.7 Å². The van der Waals surface area contributed by atoms with Crippen LogP contribution in [0.15, 0.2) is 83.7 Å². The van der Waals surface area contributed by atoms with E-state index >= 15 is 4.39 Å². The third-order valence-corrected chi connectivity index (χ3v) is 6.98. The first-order valence-electron chi connectivity index (χ1n) is 13.6. The number of methoxy groups -OCH3 is 1. The molecule has 1 aliphatic carbocycles. The molecule has 0 aromatic heterocycles. The summed E-state index contributed by atoms with van der Waals surface area (Å²) in [7, 11) is 1.56. The van der Waals surface area contributed by atoms with E-state index < -0.39 is 11.9 Å². The molecular formula is C30H35FN4O5. The highest BCUT2D eigenvalue weighted by molar-refractivity contribution is 5.84. The third kappa shape index (κ3) is 6.14. The van der Waals surface area contributed by atoms with Crippen molar-refractivity contribution in [3.8, 4) is 5.75 Å². The van der Waals surface area contributed by atoms with E-state index in [1.807, 2.05) is 31.2 Å². The van der Waals surface area contributed by atoms with Gasteiger partial charge in [-0.3, -0.25) is 15.2 Å². The number of ether oxygens (including phenoxy) is 4. The van der Waals surface area contributed by atoms with Gasteiger partial charge in [-0.1, -0.05) is 37.3 Å². The lowest BCUT2D eigenvalue weighted by Gasteiger charge is -2.34. The summed E-state index contributed by atoms with van der Waals surface area (Å²) in [6.07, 6.45) is 7.72. The number of fused-ring (bicyclic) bond motifs is 2. The van der Waals surface area contributed by atoms with Gasteiger partial charge in [-0.15, -0.1) is 0 Å². The molecule has 0 radical (unpaired) electrons. The SMILES string of the molecule is CCNNC(=O)N1C=CC(Oc2ccc3ccccc3c2F)=C2C=C(OC)C(OCCCN3CCOCC3)=CC21. The zero-order valence-corrected chi connectivity index (χ0v) is 22.8. The number of hydrazine groups is 1. The van der Waals surface area contributed by atoms with E-state index in [1.54, 1.807) is 43.7 Å². The minimum atomic E-state index is -0.560. The van der Waals surface area contributed by atoms with Gasteiger partial charge in [-0.25, -0.2) is 14.6 Å². The van der Waals surface area contributed by atoms with Gasteiger partial charge in [0.1, 0.15) is 5.76 Å². The number of carbonyl (C=O) groups excluding carboxylic acids is 1. The molecule has 0 bridgehead atoms. The second-order valence-corrected chi connectivity index (χ2v) is 9.55. The predicted molar refractivity (Wildman–Crippen MR) is 150 cm³/mol. The van der Waals surface area contributed by atoms with Gasteiger partial charge in [-0.2, -0.15) is 0 Å². The molecule has 2 aliphatic heterocycles. The summed E-state index contributed by atoms with van der Waals surface area (Å²) in [6.45, 7) is 7.20. The number of carbonyl (C=O) groups is 1. The zero-order valence-electron chi connectivity index (χ0n) is 22.8. The van der Waals surface area contributed by atoms with Gasteiger partial charge in [0.25, 0.3) is 0 Å². The average Bonchev–Trinajstić information content (AvgIpc) is 2.99. The summed E-state index contributed by atoms with van der Waals surface area (Å²) in [6, 6.07) is 9.74. The number of amides is 2. The number of nitrogens with one attached hydrogen (secondary N) is 2. The van der Waals surface area contributed by atoms with E-state index in [1.165, 1.54) is 4.90 Å². The van der Waals surface area contributed by atoms with Crippen LogP contribution in [0.25, 0.3) is 10.8 Å². The first kappa shape index (κ1) is 27.7. The normalized spacial score (nSPS) is 19.2. The van der Waals surface area contributed by atoms with Crippen LogP contribution >= 0.6 is 0 Å². The minimum Gasteiger partial charge on any atom is -0.493 e. The van der Waals surface area contributed by atoms with Crippen molar-refractivity contribution in [2.75, 3.05) is 53.1 Å². The number of benzene rings is 2. The first-order chi connectivity index (χ1) is 19.6. The fraction of sp³-hybridized carbons (Fsp3) is 0.367. The molecule has 2 N–H and O–H groups in total. The molecule has 1 fully saturated rings. The number of allylic oxidation sites excluding steroid dienone is 1. The van der Waals surface area contributed by atoms with Crippen molar-refractivity contribution >= 4 is 16.8 Å². The Labute approximate surface area is 233 Å². The summed E-state index contributed by atoms with van der Waals surface area (Å²) in [4.78, 5) is 16.9. The number of urea groups is 1. The minimum absolute atomic E-state index is 0.0941. The Morgan fingerprint density at radius 1 is 1.15 bits per heavy atom. The van der Waals surface area contributed by atoms with Gasteiger partial charge in [0.2, 0.25) is 0 Å². The smallest absolute Gasteiger partial charge is 0.336 e. The van der Waals surface area contributed by atoms with Crippen molar-refractivity contribution in [1.29, 1.82) is 0 Å². The van der Waals surface area contributed by atoms with Crippen LogP contribution in [0, 0.1) is 5.82 Å². The topological polar surface area (TPSA) is 84.5 Å². The summed E-state index contributed by atoms with van der Waals surface area (Å²) < 4.78 is 38.7. The molecule has 2 aromatic rings. The van der Waals surface area contributed by atoms with Crippen LogP contribution in [-0.2, 0) is 14.2 Å². The summed E-state index contributed by atoms with van der Waals surface area (Å²) >= 11 is 0. The molecule has 40 heavy (non-hydrogen) atoms. The lowest BCUT2D eigenvalue weighted by Crippen LogP contribution is -2.49. The largest absolute Gasteiger partial charge is 0.493 e. The average molecular weight is 551 g/mol. The van der Waals surface area contributed by atoms with Gasteiger partial charge in [-0.05, 0) is 36.1 Å². The maximum atomic E-state index is 15.4. The standard InChI is InChI=1S/C30H35FN4O5/c1-3-32-33-30(36)35-13-11-25(40-26-10-9-21-7-4-5-8-22(21)29(26)31)23-19-27(37-2)28(20-24(23)35)39-16-6-12-34-14-17-38-18-15-34/h4-5,7-11,13,19-20,24,32H,3,6,12,14-18H2,1-2H3,(H,33,36). The molecule has 5 rings (SSSR count). The maximum Gasteiger partial charge on any atom is 0.336 e. The highest BCUT2D eigenvalue weighted by Crippen LogP contribution is 2.35. The second kappa shape index (κ2) is 13.0. The fourth-order valence-corrected chi connectivity index (χ4v) is 4.90. The van der Waals surface area contributed by atoms with Crippen LogP contribution < -0.4 is 15.6 Å². The molecule has 1 saturated heterocycles. The molecule has 1 atom stereocenters. The number of rotatable bonds is 10. The van der Waals surface area contributed by atoms with Crippen molar-refractivity contribution in [3.63, 3.8) is 0 Å². The Bertz CT molecular complexity index is 1350. The van der Waals surface area contributed by atoms with Gasteiger partial charge in [0.15, 0.2) is 23.1 Å². The molecule has 0 saturated carbocycles. The van der Waals surface area contributed by atoms with Gasteiger partial charge in [0, 0.05) is 43.3 Å². The first-order valence-corrected chi connectivity index (χ1v) is 13.6. The number of halogens is 1. The van der Waals surface area contributed by atoms with Crippen molar-refractivity contribution in [3.05, 3.63) is 89.5 Å². The van der Waals surface area contributed by atoms with Crippen LogP contribution in [-0.4, -0.2) is 75.0 Å². The monoisotopic (exact) mass is 550 g/mol. The Morgan fingerprint density at radius 2 is 1.98 bits per heavy atom. The van der Waals surface area contributed by atoms with Crippen LogP contribution in [0.4, 0.5) is 9.18 Å². The molecular weight excluding hydrogens is 515 g/mol. The molecule has 2 amide bonds. The van der Waals surface area contributed by atoms with Crippen molar-refractivity contribution in [2.45, 2.75) is 19.4 Å². The summed E-state index contributed by atoms with van der Waals surface area (Å²) in [5.41, 5.74) is 6.16. The summed E-state index contributed by atoms with van der Waals surface area (Å²) in [5.74, 6) is 1.08. The number of hydrogen-bond donors (Lipinski definition) is 2. The predicted octanol–water partition coefficient (Wildman–Crippen LogP) is 4.21. The summed E-state index contributed by atoms with van der Waals surface area (Å²) in [5, 5.41) is 1.25. The lowest BCUT2D eigenvalue weighted by atomic mass is 9.95. The molecule has 9 nitrogen and oxygen atoms in total. The van der Waals surface area contributed by atoms with Gasteiger partial charge >= 0.3 is 6.03 Å². The highest BCUT2D eigenvalue weighted by Gasteiger charge is 2.34.